The minimum absolute atomic E-state index is 0.0559. The number of ether oxygens (including phenoxy) is 1. The molecule has 0 aliphatic carbocycles. The number of methoxy groups -OCH3 is 1. The SMILES string of the molecule is CCSc1nnc(NC(=O)CN(c2ccc(OC)c(Cl)c2)S(=O)(=O)c2ccc(C)cc2)s1. The monoisotopic (exact) mass is 512 g/mol. The van der Waals surface area contributed by atoms with Gasteiger partial charge in [-0.25, -0.2) is 8.42 Å². The molecule has 2 aromatic carbocycles. The van der Waals surface area contributed by atoms with Gasteiger partial charge in [0.05, 0.1) is 22.7 Å². The zero-order chi connectivity index (χ0) is 23.3. The molecule has 0 radical (unpaired) electrons. The van der Waals surface area contributed by atoms with Gasteiger partial charge in [-0.3, -0.25) is 14.4 Å². The van der Waals surface area contributed by atoms with Gasteiger partial charge >= 0.3 is 0 Å². The Kier molecular flexibility index (Phi) is 7.99. The molecule has 8 nitrogen and oxygen atoms in total. The molecule has 0 fully saturated rings. The molecule has 3 rings (SSSR count). The first kappa shape index (κ1) is 24.3. The van der Waals surface area contributed by atoms with Crippen LogP contribution in [0.3, 0.4) is 0 Å². The summed E-state index contributed by atoms with van der Waals surface area (Å²) < 4.78 is 33.7. The normalized spacial score (nSPS) is 11.2. The molecular formula is C20H21ClN4O4S3. The quantitative estimate of drug-likeness (QED) is 0.333. The Labute approximate surface area is 200 Å². The van der Waals surface area contributed by atoms with Gasteiger partial charge in [-0.2, -0.15) is 0 Å². The van der Waals surface area contributed by atoms with Crippen LogP contribution in [0, 0.1) is 6.92 Å². The van der Waals surface area contributed by atoms with Crippen LogP contribution in [0.4, 0.5) is 10.8 Å². The fourth-order valence-corrected chi connectivity index (χ4v) is 6.02. The Hall–Kier alpha value is -2.34. The molecule has 0 unspecified atom stereocenters. The third kappa shape index (κ3) is 5.71. The van der Waals surface area contributed by atoms with Crippen molar-refractivity contribution in [2.75, 3.05) is 29.0 Å². The Bertz CT molecular complexity index is 1200. The second-order valence-electron chi connectivity index (χ2n) is 6.50. The van der Waals surface area contributed by atoms with Crippen LogP contribution in [-0.4, -0.2) is 43.9 Å². The van der Waals surface area contributed by atoms with Crippen molar-refractivity contribution in [2.24, 2.45) is 0 Å². The number of nitrogens with zero attached hydrogens (tertiary/aromatic N) is 3. The highest BCUT2D eigenvalue weighted by Crippen LogP contribution is 2.32. The summed E-state index contributed by atoms with van der Waals surface area (Å²) in [6, 6.07) is 10.9. The van der Waals surface area contributed by atoms with Gasteiger partial charge in [-0.1, -0.05) is 59.3 Å². The molecule has 0 saturated carbocycles. The molecule has 0 spiro atoms. The third-order valence-electron chi connectivity index (χ3n) is 4.24. The molecular weight excluding hydrogens is 492 g/mol. The number of rotatable bonds is 9. The number of anilines is 2. The minimum Gasteiger partial charge on any atom is -0.495 e. The van der Waals surface area contributed by atoms with Crippen molar-refractivity contribution in [1.29, 1.82) is 0 Å². The van der Waals surface area contributed by atoms with Crippen molar-refractivity contribution < 1.29 is 17.9 Å². The van der Waals surface area contributed by atoms with Crippen LogP contribution in [-0.2, 0) is 14.8 Å². The molecule has 32 heavy (non-hydrogen) atoms. The second-order valence-corrected chi connectivity index (χ2v) is 11.3. The highest BCUT2D eigenvalue weighted by atomic mass is 35.5. The fraction of sp³-hybridized carbons (Fsp3) is 0.250. The summed E-state index contributed by atoms with van der Waals surface area (Å²) in [5, 5.41) is 11.1. The van der Waals surface area contributed by atoms with Crippen molar-refractivity contribution in [3.8, 4) is 5.75 Å². The summed E-state index contributed by atoms with van der Waals surface area (Å²) in [5.41, 5.74) is 1.14. The van der Waals surface area contributed by atoms with Crippen LogP contribution in [0.2, 0.25) is 5.02 Å². The van der Waals surface area contributed by atoms with Crippen LogP contribution in [0.5, 0.6) is 5.75 Å². The van der Waals surface area contributed by atoms with E-state index in [0.29, 0.717) is 15.2 Å². The Morgan fingerprint density at radius 1 is 1.22 bits per heavy atom. The highest BCUT2D eigenvalue weighted by Gasteiger charge is 2.28. The van der Waals surface area contributed by atoms with Gasteiger partial charge in [0.15, 0.2) is 4.34 Å². The number of carbonyl (C=O) groups is 1. The van der Waals surface area contributed by atoms with Gasteiger partial charge in [0.2, 0.25) is 11.0 Å². The van der Waals surface area contributed by atoms with E-state index < -0.39 is 22.5 Å². The Morgan fingerprint density at radius 3 is 2.56 bits per heavy atom. The third-order valence-corrected chi connectivity index (χ3v) is 8.18. The lowest BCUT2D eigenvalue weighted by Gasteiger charge is -2.24. The summed E-state index contributed by atoms with van der Waals surface area (Å²) in [5.74, 6) is 0.655. The van der Waals surface area contributed by atoms with Crippen molar-refractivity contribution in [3.05, 3.63) is 53.1 Å². The summed E-state index contributed by atoms with van der Waals surface area (Å²) in [6.07, 6.45) is 0. The number of halogens is 1. The first-order chi connectivity index (χ1) is 15.2. The zero-order valence-corrected chi connectivity index (χ0v) is 20.7. The number of hydrogen-bond acceptors (Lipinski definition) is 8. The highest BCUT2D eigenvalue weighted by molar-refractivity contribution is 8.01. The van der Waals surface area contributed by atoms with E-state index in [0.717, 1.165) is 15.6 Å². The van der Waals surface area contributed by atoms with E-state index in [1.54, 1.807) is 18.2 Å². The van der Waals surface area contributed by atoms with Gasteiger partial charge in [0.25, 0.3) is 10.0 Å². The van der Waals surface area contributed by atoms with Crippen molar-refractivity contribution in [2.45, 2.75) is 23.1 Å². The van der Waals surface area contributed by atoms with Crippen LogP contribution in [0.1, 0.15) is 12.5 Å². The predicted octanol–water partition coefficient (Wildman–Crippen LogP) is 4.45. The fourth-order valence-electron chi connectivity index (χ4n) is 2.69. The van der Waals surface area contributed by atoms with Crippen molar-refractivity contribution in [1.82, 2.24) is 10.2 Å². The molecule has 12 heteroatoms. The number of benzene rings is 2. The number of thioether (sulfide) groups is 1. The predicted molar refractivity (Wildman–Crippen MR) is 129 cm³/mol. The Morgan fingerprint density at radius 2 is 1.94 bits per heavy atom. The number of amides is 1. The summed E-state index contributed by atoms with van der Waals surface area (Å²) in [4.78, 5) is 12.8. The van der Waals surface area contributed by atoms with E-state index in [2.05, 4.69) is 15.5 Å². The second kappa shape index (κ2) is 10.5. The van der Waals surface area contributed by atoms with Crippen molar-refractivity contribution in [3.63, 3.8) is 0 Å². The molecule has 0 bridgehead atoms. The van der Waals surface area contributed by atoms with E-state index in [4.69, 9.17) is 16.3 Å². The average Bonchev–Trinajstić information content (AvgIpc) is 3.19. The number of nitrogens with one attached hydrogen (secondary N) is 1. The smallest absolute Gasteiger partial charge is 0.264 e. The zero-order valence-electron chi connectivity index (χ0n) is 17.5. The lowest BCUT2D eigenvalue weighted by Crippen LogP contribution is -2.38. The first-order valence-corrected chi connectivity index (χ1v) is 13.1. The van der Waals surface area contributed by atoms with Crippen LogP contribution >= 0.6 is 34.7 Å². The van der Waals surface area contributed by atoms with E-state index in [1.807, 2.05) is 13.8 Å². The van der Waals surface area contributed by atoms with Gasteiger partial charge in [-0.15, -0.1) is 10.2 Å². The number of aryl methyl sites for hydroxylation is 1. The molecule has 0 atom stereocenters. The number of sulfonamides is 1. The number of hydrogen-bond donors (Lipinski definition) is 1. The molecule has 1 N–H and O–H groups in total. The molecule has 3 aromatic rings. The van der Waals surface area contributed by atoms with E-state index in [-0.39, 0.29) is 15.6 Å². The van der Waals surface area contributed by atoms with Crippen LogP contribution < -0.4 is 14.4 Å². The summed E-state index contributed by atoms with van der Waals surface area (Å²) in [6.45, 7) is 3.37. The summed E-state index contributed by atoms with van der Waals surface area (Å²) in [7, 11) is -2.60. The average molecular weight is 513 g/mol. The number of carbonyl (C=O) groups excluding carboxylic acids is 1. The molecule has 170 valence electrons. The lowest BCUT2D eigenvalue weighted by atomic mass is 10.2. The molecule has 0 aliphatic rings. The molecule has 0 aliphatic heterocycles. The topological polar surface area (TPSA) is 101 Å². The molecule has 1 amide bonds. The van der Waals surface area contributed by atoms with Crippen molar-refractivity contribution >= 4 is 61.4 Å². The molecule has 1 heterocycles. The van der Waals surface area contributed by atoms with Gasteiger partial charge < -0.3 is 4.74 Å². The standard InChI is InChI=1S/C20H21ClN4O4S3/c1-4-30-20-24-23-19(31-20)22-18(26)12-25(14-7-10-17(29-3)16(21)11-14)32(27,28)15-8-5-13(2)6-9-15/h5-11H,4,12H2,1-3H3,(H,22,23,26). The minimum atomic E-state index is -4.06. The van der Waals surface area contributed by atoms with E-state index >= 15 is 0 Å². The molecule has 1 aromatic heterocycles. The van der Waals surface area contributed by atoms with E-state index in [9.17, 15) is 13.2 Å². The maximum atomic E-state index is 13.4. The first-order valence-electron chi connectivity index (χ1n) is 9.43. The van der Waals surface area contributed by atoms with Gasteiger partial charge in [0.1, 0.15) is 12.3 Å². The number of aromatic nitrogens is 2. The van der Waals surface area contributed by atoms with Gasteiger partial charge in [-0.05, 0) is 43.0 Å². The maximum absolute atomic E-state index is 13.4. The van der Waals surface area contributed by atoms with Crippen LogP contribution in [0.15, 0.2) is 51.7 Å². The van der Waals surface area contributed by atoms with E-state index in [1.165, 1.54) is 54.5 Å². The Balaban J connectivity index is 1.93. The maximum Gasteiger partial charge on any atom is 0.264 e. The summed E-state index contributed by atoms with van der Waals surface area (Å²) >= 11 is 8.95. The molecule has 0 saturated heterocycles. The lowest BCUT2D eigenvalue weighted by molar-refractivity contribution is -0.114. The van der Waals surface area contributed by atoms with Crippen LogP contribution in [0.25, 0.3) is 0 Å². The van der Waals surface area contributed by atoms with Gasteiger partial charge in [0, 0.05) is 0 Å². The largest absolute Gasteiger partial charge is 0.495 e.